The molecule has 0 bridgehead atoms. The summed E-state index contributed by atoms with van der Waals surface area (Å²) in [6.07, 6.45) is 1.73. The highest BCUT2D eigenvalue weighted by Gasteiger charge is 2.08. The SMILES string of the molecule is CCn1cnnc1SCc1ccc(C(=O)Nc2ccc(Cl)c(C)c2)cc1. The number of carbonyl (C=O) groups excluding carboxylic acids is 1. The van der Waals surface area contributed by atoms with Gasteiger partial charge in [-0.3, -0.25) is 4.79 Å². The van der Waals surface area contributed by atoms with Crippen molar-refractivity contribution in [3.05, 3.63) is 70.5 Å². The Morgan fingerprint density at radius 1 is 1.23 bits per heavy atom. The molecule has 7 heteroatoms. The van der Waals surface area contributed by atoms with E-state index in [0.717, 1.165) is 34.3 Å². The van der Waals surface area contributed by atoms with E-state index in [2.05, 4.69) is 22.4 Å². The molecule has 0 aliphatic rings. The fraction of sp³-hybridized carbons (Fsp3) is 0.211. The maximum atomic E-state index is 12.4. The van der Waals surface area contributed by atoms with Crippen molar-refractivity contribution in [3.8, 4) is 0 Å². The Bertz CT molecular complexity index is 908. The molecule has 0 saturated heterocycles. The number of amides is 1. The first-order valence-corrected chi connectivity index (χ1v) is 9.60. The van der Waals surface area contributed by atoms with E-state index in [4.69, 9.17) is 11.6 Å². The fourth-order valence-corrected chi connectivity index (χ4v) is 3.45. The van der Waals surface area contributed by atoms with Gasteiger partial charge >= 0.3 is 0 Å². The zero-order valence-electron chi connectivity index (χ0n) is 14.6. The first-order chi connectivity index (χ1) is 12.6. The minimum absolute atomic E-state index is 0.142. The number of rotatable bonds is 6. The number of anilines is 1. The number of hydrogen-bond donors (Lipinski definition) is 1. The van der Waals surface area contributed by atoms with Crippen LogP contribution < -0.4 is 5.32 Å². The molecular weight excluding hydrogens is 368 g/mol. The van der Waals surface area contributed by atoms with Crippen LogP contribution >= 0.6 is 23.4 Å². The highest BCUT2D eigenvalue weighted by Crippen LogP contribution is 2.22. The molecule has 3 aromatic rings. The lowest BCUT2D eigenvalue weighted by Crippen LogP contribution is -2.11. The highest BCUT2D eigenvalue weighted by molar-refractivity contribution is 7.98. The molecule has 0 spiro atoms. The van der Waals surface area contributed by atoms with Crippen LogP contribution in [0.1, 0.15) is 28.4 Å². The van der Waals surface area contributed by atoms with Crippen molar-refractivity contribution in [1.29, 1.82) is 0 Å². The second-order valence-electron chi connectivity index (χ2n) is 5.80. The number of nitrogens with one attached hydrogen (secondary N) is 1. The van der Waals surface area contributed by atoms with Gasteiger partial charge in [0.15, 0.2) is 5.16 Å². The number of halogens is 1. The molecule has 0 saturated carbocycles. The summed E-state index contributed by atoms with van der Waals surface area (Å²) in [7, 11) is 0. The number of carbonyl (C=O) groups is 1. The largest absolute Gasteiger partial charge is 0.322 e. The minimum Gasteiger partial charge on any atom is -0.322 e. The molecule has 0 atom stereocenters. The number of hydrogen-bond acceptors (Lipinski definition) is 4. The van der Waals surface area contributed by atoms with E-state index in [1.165, 1.54) is 0 Å². The first kappa shape index (κ1) is 18.5. The van der Waals surface area contributed by atoms with Gasteiger partial charge in [0.05, 0.1) is 0 Å². The molecule has 0 aliphatic carbocycles. The Balaban J connectivity index is 1.61. The molecule has 1 aromatic heterocycles. The van der Waals surface area contributed by atoms with Crippen molar-refractivity contribution >= 4 is 35.0 Å². The lowest BCUT2D eigenvalue weighted by atomic mass is 10.1. The first-order valence-electron chi connectivity index (χ1n) is 8.24. The summed E-state index contributed by atoms with van der Waals surface area (Å²) in [4.78, 5) is 12.4. The molecule has 1 amide bonds. The molecule has 1 N–H and O–H groups in total. The van der Waals surface area contributed by atoms with Gasteiger partial charge in [0.1, 0.15) is 6.33 Å². The molecule has 0 fully saturated rings. The molecular formula is C19H19ClN4OS. The van der Waals surface area contributed by atoms with Crippen LogP contribution in [0.4, 0.5) is 5.69 Å². The van der Waals surface area contributed by atoms with Gasteiger partial charge in [0.2, 0.25) is 0 Å². The van der Waals surface area contributed by atoms with Gasteiger partial charge in [-0.05, 0) is 55.3 Å². The van der Waals surface area contributed by atoms with Gasteiger partial charge in [-0.15, -0.1) is 10.2 Å². The summed E-state index contributed by atoms with van der Waals surface area (Å²) in [6, 6.07) is 13.0. The summed E-state index contributed by atoms with van der Waals surface area (Å²) in [6.45, 7) is 4.81. The van der Waals surface area contributed by atoms with Crippen molar-refractivity contribution in [2.75, 3.05) is 5.32 Å². The standard InChI is InChI=1S/C19H19ClN4OS/c1-3-24-12-21-23-19(24)26-11-14-4-6-15(7-5-14)18(25)22-16-8-9-17(20)13(2)10-16/h4-10,12H,3,11H2,1-2H3,(H,22,25). The second kappa shape index (κ2) is 8.38. The highest BCUT2D eigenvalue weighted by atomic mass is 35.5. The third-order valence-electron chi connectivity index (χ3n) is 3.92. The topological polar surface area (TPSA) is 59.8 Å². The van der Waals surface area contributed by atoms with Crippen LogP contribution in [0.15, 0.2) is 53.9 Å². The van der Waals surface area contributed by atoms with Crippen LogP contribution in [0.25, 0.3) is 0 Å². The maximum Gasteiger partial charge on any atom is 0.255 e. The van der Waals surface area contributed by atoms with Crippen molar-refractivity contribution < 1.29 is 4.79 Å². The van der Waals surface area contributed by atoms with Crippen LogP contribution in [0.3, 0.4) is 0 Å². The van der Waals surface area contributed by atoms with Crippen molar-refractivity contribution in [2.24, 2.45) is 0 Å². The maximum absolute atomic E-state index is 12.4. The van der Waals surface area contributed by atoms with Crippen LogP contribution in [-0.4, -0.2) is 20.7 Å². The molecule has 0 aliphatic heterocycles. The minimum atomic E-state index is -0.142. The monoisotopic (exact) mass is 386 g/mol. The number of nitrogens with zero attached hydrogens (tertiary/aromatic N) is 3. The summed E-state index contributed by atoms with van der Waals surface area (Å²) in [5.41, 5.74) is 3.40. The van der Waals surface area contributed by atoms with Gasteiger partial charge in [0.25, 0.3) is 5.91 Å². The van der Waals surface area contributed by atoms with Gasteiger partial charge < -0.3 is 9.88 Å². The normalized spacial score (nSPS) is 10.7. The van der Waals surface area contributed by atoms with E-state index >= 15 is 0 Å². The zero-order valence-corrected chi connectivity index (χ0v) is 16.1. The Morgan fingerprint density at radius 2 is 2.00 bits per heavy atom. The average Bonchev–Trinajstić information content (AvgIpc) is 3.11. The van der Waals surface area contributed by atoms with Crippen LogP contribution in [-0.2, 0) is 12.3 Å². The molecule has 26 heavy (non-hydrogen) atoms. The van der Waals surface area contributed by atoms with E-state index in [0.29, 0.717) is 10.6 Å². The van der Waals surface area contributed by atoms with Crippen molar-refractivity contribution in [3.63, 3.8) is 0 Å². The Labute approximate surface area is 161 Å². The molecule has 5 nitrogen and oxygen atoms in total. The molecule has 2 aromatic carbocycles. The lowest BCUT2D eigenvalue weighted by molar-refractivity contribution is 0.102. The smallest absolute Gasteiger partial charge is 0.255 e. The Hall–Kier alpha value is -2.31. The fourth-order valence-electron chi connectivity index (χ4n) is 2.40. The quantitative estimate of drug-likeness (QED) is 0.618. The van der Waals surface area contributed by atoms with E-state index in [1.807, 2.05) is 41.8 Å². The number of aryl methyl sites for hydroxylation is 2. The van der Waals surface area contributed by atoms with Crippen molar-refractivity contribution in [2.45, 2.75) is 31.3 Å². The van der Waals surface area contributed by atoms with E-state index < -0.39 is 0 Å². The summed E-state index contributed by atoms with van der Waals surface area (Å²) < 4.78 is 2.00. The number of aromatic nitrogens is 3. The number of benzene rings is 2. The third kappa shape index (κ3) is 4.45. The average molecular weight is 387 g/mol. The van der Waals surface area contributed by atoms with Crippen LogP contribution in [0, 0.1) is 6.92 Å². The predicted octanol–water partition coefficient (Wildman–Crippen LogP) is 4.80. The van der Waals surface area contributed by atoms with E-state index in [1.54, 1.807) is 30.2 Å². The number of thioether (sulfide) groups is 1. The predicted molar refractivity (Wildman–Crippen MR) is 106 cm³/mol. The molecule has 1 heterocycles. The lowest BCUT2D eigenvalue weighted by Gasteiger charge is -2.08. The zero-order chi connectivity index (χ0) is 18.5. The summed E-state index contributed by atoms with van der Waals surface area (Å²) in [5, 5.41) is 12.5. The van der Waals surface area contributed by atoms with Crippen molar-refractivity contribution in [1.82, 2.24) is 14.8 Å². The van der Waals surface area contributed by atoms with Crippen LogP contribution in [0.5, 0.6) is 0 Å². The van der Waals surface area contributed by atoms with Gasteiger partial charge in [0, 0.05) is 28.6 Å². The molecule has 0 unspecified atom stereocenters. The summed E-state index contributed by atoms with van der Waals surface area (Å²) in [5.74, 6) is 0.633. The van der Waals surface area contributed by atoms with Gasteiger partial charge in [-0.1, -0.05) is 35.5 Å². The Morgan fingerprint density at radius 3 is 2.69 bits per heavy atom. The third-order valence-corrected chi connectivity index (χ3v) is 5.40. The van der Waals surface area contributed by atoms with E-state index in [9.17, 15) is 4.79 Å². The second-order valence-corrected chi connectivity index (χ2v) is 7.15. The molecule has 134 valence electrons. The van der Waals surface area contributed by atoms with E-state index in [-0.39, 0.29) is 5.91 Å². The molecule has 3 rings (SSSR count). The summed E-state index contributed by atoms with van der Waals surface area (Å²) >= 11 is 7.64. The Kier molecular flexibility index (Phi) is 5.96. The molecule has 0 radical (unpaired) electrons. The van der Waals surface area contributed by atoms with Gasteiger partial charge in [-0.2, -0.15) is 0 Å². The van der Waals surface area contributed by atoms with Crippen LogP contribution in [0.2, 0.25) is 5.02 Å². The van der Waals surface area contributed by atoms with Gasteiger partial charge in [-0.25, -0.2) is 0 Å².